The van der Waals surface area contributed by atoms with E-state index in [9.17, 15) is 4.79 Å². The van der Waals surface area contributed by atoms with E-state index in [0.717, 1.165) is 29.3 Å². The largest absolute Gasteiger partial charge is 0.468 e. The fraction of sp³-hybridized carbons (Fsp3) is 0.278. The molecule has 0 bridgehead atoms. The van der Waals surface area contributed by atoms with Gasteiger partial charge in [0.15, 0.2) is 5.69 Å². The van der Waals surface area contributed by atoms with Gasteiger partial charge in [-0.3, -0.25) is 19.8 Å². The summed E-state index contributed by atoms with van der Waals surface area (Å²) < 4.78 is 5.40. The van der Waals surface area contributed by atoms with Crippen molar-refractivity contribution in [2.24, 2.45) is 0 Å². The Morgan fingerprint density at radius 2 is 2.24 bits per heavy atom. The number of aromatic nitrogens is 3. The minimum absolute atomic E-state index is 0.0944. The molecule has 0 spiro atoms. The van der Waals surface area contributed by atoms with Gasteiger partial charge in [0.05, 0.1) is 30.7 Å². The van der Waals surface area contributed by atoms with Gasteiger partial charge in [0, 0.05) is 31.9 Å². The first-order valence-corrected chi connectivity index (χ1v) is 8.17. The van der Waals surface area contributed by atoms with E-state index >= 15 is 0 Å². The molecule has 4 heterocycles. The number of hydrogen-bond acceptors (Lipinski definition) is 5. The summed E-state index contributed by atoms with van der Waals surface area (Å²) in [6.45, 7) is 2.59. The molecule has 128 valence electrons. The molecule has 1 N–H and O–H groups in total. The standard InChI is InChI=1S/C18H19N5O2/c1-22(9-13-5-2-3-7-19-13)18(24)17-15-11-23(12-16(15)20-21-17)10-14-6-4-8-25-14/h2-8H,9-12H2,1H3,(H,20,21). The van der Waals surface area contributed by atoms with Crippen molar-refractivity contribution in [3.8, 4) is 0 Å². The Labute approximate surface area is 145 Å². The minimum Gasteiger partial charge on any atom is -0.468 e. The Balaban J connectivity index is 1.45. The molecule has 0 aliphatic carbocycles. The van der Waals surface area contributed by atoms with Crippen LogP contribution in [0.1, 0.15) is 33.2 Å². The van der Waals surface area contributed by atoms with Crippen LogP contribution in [0.4, 0.5) is 0 Å². The monoisotopic (exact) mass is 337 g/mol. The lowest BCUT2D eigenvalue weighted by atomic mass is 10.2. The molecule has 0 aromatic carbocycles. The molecular weight excluding hydrogens is 318 g/mol. The van der Waals surface area contributed by atoms with E-state index in [1.807, 2.05) is 30.3 Å². The Morgan fingerprint density at radius 1 is 1.32 bits per heavy atom. The van der Waals surface area contributed by atoms with Crippen molar-refractivity contribution in [1.29, 1.82) is 0 Å². The topological polar surface area (TPSA) is 78.3 Å². The van der Waals surface area contributed by atoms with Crippen LogP contribution in [-0.2, 0) is 26.2 Å². The van der Waals surface area contributed by atoms with Crippen molar-refractivity contribution in [2.45, 2.75) is 26.2 Å². The number of rotatable bonds is 5. The average molecular weight is 337 g/mol. The molecule has 0 fully saturated rings. The number of H-pyrrole nitrogens is 1. The zero-order valence-corrected chi connectivity index (χ0v) is 14.0. The van der Waals surface area contributed by atoms with Gasteiger partial charge in [0.2, 0.25) is 0 Å². The number of hydrogen-bond donors (Lipinski definition) is 1. The third-order valence-corrected chi connectivity index (χ3v) is 4.35. The lowest BCUT2D eigenvalue weighted by Gasteiger charge is -2.17. The maximum atomic E-state index is 12.8. The summed E-state index contributed by atoms with van der Waals surface area (Å²) in [5.41, 5.74) is 3.32. The molecule has 7 nitrogen and oxygen atoms in total. The average Bonchev–Trinajstić information content (AvgIpc) is 3.33. The maximum absolute atomic E-state index is 12.8. The summed E-state index contributed by atoms with van der Waals surface area (Å²) in [5.74, 6) is 0.821. The van der Waals surface area contributed by atoms with Crippen molar-refractivity contribution in [3.63, 3.8) is 0 Å². The Kier molecular flexibility index (Phi) is 4.07. The van der Waals surface area contributed by atoms with Gasteiger partial charge in [-0.15, -0.1) is 0 Å². The van der Waals surface area contributed by atoms with Crippen molar-refractivity contribution < 1.29 is 9.21 Å². The molecule has 25 heavy (non-hydrogen) atoms. The van der Waals surface area contributed by atoms with Crippen LogP contribution in [0.5, 0.6) is 0 Å². The lowest BCUT2D eigenvalue weighted by molar-refractivity contribution is 0.0775. The smallest absolute Gasteiger partial charge is 0.274 e. The summed E-state index contributed by atoms with van der Waals surface area (Å²) in [6.07, 6.45) is 3.40. The van der Waals surface area contributed by atoms with Crippen LogP contribution in [0, 0.1) is 0 Å². The van der Waals surface area contributed by atoms with Gasteiger partial charge in [0.25, 0.3) is 5.91 Å². The number of amides is 1. The maximum Gasteiger partial charge on any atom is 0.274 e. The second-order valence-corrected chi connectivity index (χ2v) is 6.24. The molecule has 0 radical (unpaired) electrons. The molecule has 3 aromatic heterocycles. The normalized spacial score (nSPS) is 13.8. The predicted molar refractivity (Wildman–Crippen MR) is 90.3 cm³/mol. The van der Waals surface area contributed by atoms with Gasteiger partial charge in [-0.1, -0.05) is 6.07 Å². The van der Waals surface area contributed by atoms with Crippen LogP contribution in [0.25, 0.3) is 0 Å². The number of carbonyl (C=O) groups is 1. The highest BCUT2D eigenvalue weighted by atomic mass is 16.3. The van der Waals surface area contributed by atoms with Gasteiger partial charge >= 0.3 is 0 Å². The number of pyridine rings is 1. The van der Waals surface area contributed by atoms with E-state index in [-0.39, 0.29) is 5.91 Å². The van der Waals surface area contributed by atoms with Crippen molar-refractivity contribution in [1.82, 2.24) is 25.0 Å². The van der Waals surface area contributed by atoms with Crippen LogP contribution in [-0.4, -0.2) is 37.9 Å². The number of nitrogens with one attached hydrogen (secondary N) is 1. The number of carbonyl (C=O) groups excluding carboxylic acids is 1. The van der Waals surface area contributed by atoms with Crippen LogP contribution >= 0.6 is 0 Å². The van der Waals surface area contributed by atoms with Crippen molar-refractivity contribution in [3.05, 3.63) is 71.2 Å². The molecule has 7 heteroatoms. The second kappa shape index (κ2) is 6.52. The summed E-state index contributed by atoms with van der Waals surface area (Å²) >= 11 is 0. The molecule has 1 aliphatic heterocycles. The lowest BCUT2D eigenvalue weighted by Crippen LogP contribution is -2.28. The van der Waals surface area contributed by atoms with E-state index in [2.05, 4.69) is 20.1 Å². The second-order valence-electron chi connectivity index (χ2n) is 6.24. The summed E-state index contributed by atoms with van der Waals surface area (Å²) in [6, 6.07) is 9.52. The summed E-state index contributed by atoms with van der Waals surface area (Å²) in [5, 5.41) is 7.26. The number of nitrogens with zero attached hydrogens (tertiary/aromatic N) is 4. The molecule has 0 unspecified atom stereocenters. The van der Waals surface area contributed by atoms with Gasteiger partial charge in [-0.05, 0) is 24.3 Å². The fourth-order valence-electron chi connectivity index (χ4n) is 3.10. The van der Waals surface area contributed by atoms with Crippen LogP contribution in [0.2, 0.25) is 0 Å². The van der Waals surface area contributed by atoms with Crippen molar-refractivity contribution in [2.75, 3.05) is 7.05 Å². The highest BCUT2D eigenvalue weighted by Gasteiger charge is 2.29. The summed E-state index contributed by atoms with van der Waals surface area (Å²) in [7, 11) is 1.77. The van der Waals surface area contributed by atoms with E-state index in [4.69, 9.17) is 4.42 Å². The first-order valence-electron chi connectivity index (χ1n) is 8.17. The fourth-order valence-corrected chi connectivity index (χ4v) is 3.10. The quantitative estimate of drug-likeness (QED) is 0.772. The first kappa shape index (κ1) is 15.6. The molecule has 3 aromatic rings. The molecular formula is C18H19N5O2. The molecule has 4 rings (SSSR count). The zero-order valence-electron chi connectivity index (χ0n) is 14.0. The van der Waals surface area contributed by atoms with Gasteiger partial charge < -0.3 is 9.32 Å². The van der Waals surface area contributed by atoms with E-state index in [1.54, 1.807) is 24.4 Å². The predicted octanol–water partition coefficient (Wildman–Crippen LogP) is 2.19. The number of furan rings is 1. The number of aromatic amines is 1. The summed E-state index contributed by atoms with van der Waals surface area (Å²) in [4.78, 5) is 20.9. The minimum atomic E-state index is -0.0944. The SMILES string of the molecule is CN(Cc1ccccn1)C(=O)c1n[nH]c2c1CN(Cc1ccco1)C2. The highest BCUT2D eigenvalue weighted by Crippen LogP contribution is 2.26. The van der Waals surface area contributed by atoms with E-state index in [1.165, 1.54) is 0 Å². The zero-order chi connectivity index (χ0) is 17.2. The molecule has 0 saturated carbocycles. The van der Waals surface area contributed by atoms with E-state index < -0.39 is 0 Å². The van der Waals surface area contributed by atoms with E-state index in [0.29, 0.717) is 25.3 Å². The molecule has 1 amide bonds. The highest BCUT2D eigenvalue weighted by molar-refractivity contribution is 5.93. The first-order chi connectivity index (χ1) is 12.2. The van der Waals surface area contributed by atoms with Crippen LogP contribution < -0.4 is 0 Å². The van der Waals surface area contributed by atoms with Crippen molar-refractivity contribution >= 4 is 5.91 Å². The molecule has 0 saturated heterocycles. The van der Waals surface area contributed by atoms with Gasteiger partial charge in [-0.2, -0.15) is 5.10 Å². The Bertz CT molecular complexity index is 857. The molecule has 0 atom stereocenters. The van der Waals surface area contributed by atoms with Crippen LogP contribution in [0.3, 0.4) is 0 Å². The Hall–Kier alpha value is -2.93. The van der Waals surface area contributed by atoms with Gasteiger partial charge in [-0.25, -0.2) is 0 Å². The van der Waals surface area contributed by atoms with Crippen LogP contribution in [0.15, 0.2) is 47.2 Å². The van der Waals surface area contributed by atoms with Gasteiger partial charge in [0.1, 0.15) is 5.76 Å². The third-order valence-electron chi connectivity index (χ3n) is 4.35. The molecule has 1 aliphatic rings. The third kappa shape index (κ3) is 3.18. The Morgan fingerprint density at radius 3 is 3.00 bits per heavy atom. The number of fused-ring (bicyclic) bond motifs is 1.